The molecular formula is C19H17NO2S. The van der Waals surface area contributed by atoms with Gasteiger partial charge < -0.3 is 10.1 Å². The van der Waals surface area contributed by atoms with E-state index >= 15 is 0 Å². The largest absolute Gasteiger partial charge is 0.496 e. The van der Waals surface area contributed by atoms with Gasteiger partial charge in [0.2, 0.25) is 0 Å². The number of benzene rings is 3. The van der Waals surface area contributed by atoms with E-state index in [0.717, 1.165) is 27.1 Å². The van der Waals surface area contributed by atoms with E-state index in [-0.39, 0.29) is 5.91 Å². The molecule has 1 N–H and O–H groups in total. The van der Waals surface area contributed by atoms with E-state index < -0.39 is 0 Å². The van der Waals surface area contributed by atoms with Crippen molar-refractivity contribution < 1.29 is 9.53 Å². The number of methoxy groups -OCH3 is 1. The highest BCUT2D eigenvalue weighted by atomic mass is 32.2. The van der Waals surface area contributed by atoms with Crippen LogP contribution in [0.4, 0.5) is 5.69 Å². The Morgan fingerprint density at radius 1 is 1.00 bits per heavy atom. The number of amides is 1. The molecule has 0 bridgehead atoms. The molecule has 0 saturated heterocycles. The Hall–Kier alpha value is -2.46. The number of carbonyl (C=O) groups excluding carboxylic acids is 1. The summed E-state index contributed by atoms with van der Waals surface area (Å²) in [5.74, 6) is 0.680. The van der Waals surface area contributed by atoms with Crippen LogP contribution < -0.4 is 10.1 Å². The van der Waals surface area contributed by atoms with Crippen molar-refractivity contribution in [2.45, 2.75) is 4.90 Å². The molecule has 3 nitrogen and oxygen atoms in total. The molecule has 0 unspecified atom stereocenters. The first-order valence-corrected chi connectivity index (χ1v) is 8.46. The van der Waals surface area contributed by atoms with E-state index in [9.17, 15) is 4.79 Å². The summed E-state index contributed by atoms with van der Waals surface area (Å²) in [7, 11) is 1.65. The zero-order chi connectivity index (χ0) is 16.2. The van der Waals surface area contributed by atoms with E-state index in [4.69, 9.17) is 4.74 Å². The van der Waals surface area contributed by atoms with Crippen molar-refractivity contribution in [3.05, 3.63) is 66.2 Å². The van der Waals surface area contributed by atoms with Crippen LogP contribution in [0.25, 0.3) is 10.8 Å². The molecule has 0 aliphatic rings. The average molecular weight is 323 g/mol. The van der Waals surface area contributed by atoms with Crippen LogP contribution in [0.5, 0.6) is 5.75 Å². The van der Waals surface area contributed by atoms with Gasteiger partial charge in [0.25, 0.3) is 5.91 Å². The van der Waals surface area contributed by atoms with Gasteiger partial charge in [-0.05, 0) is 36.6 Å². The third kappa shape index (κ3) is 3.17. The topological polar surface area (TPSA) is 38.3 Å². The number of thioether (sulfide) groups is 1. The molecule has 0 spiro atoms. The molecule has 0 aliphatic heterocycles. The zero-order valence-electron chi connectivity index (χ0n) is 13.0. The normalized spacial score (nSPS) is 10.5. The van der Waals surface area contributed by atoms with Gasteiger partial charge in [-0.3, -0.25) is 4.79 Å². The van der Waals surface area contributed by atoms with Gasteiger partial charge in [-0.25, -0.2) is 0 Å². The van der Waals surface area contributed by atoms with Gasteiger partial charge in [0.05, 0.1) is 7.11 Å². The van der Waals surface area contributed by atoms with Gasteiger partial charge in [0.15, 0.2) is 0 Å². The smallest absolute Gasteiger partial charge is 0.255 e. The summed E-state index contributed by atoms with van der Waals surface area (Å²) in [6.07, 6.45) is 1.99. The fourth-order valence-corrected chi connectivity index (χ4v) is 2.98. The molecule has 116 valence electrons. The number of ether oxygens (including phenoxy) is 1. The maximum absolute atomic E-state index is 12.5. The molecule has 0 heterocycles. The lowest BCUT2D eigenvalue weighted by Crippen LogP contribution is -2.12. The number of anilines is 1. The van der Waals surface area contributed by atoms with Crippen molar-refractivity contribution in [1.82, 2.24) is 0 Å². The fraction of sp³-hybridized carbons (Fsp3) is 0.105. The third-order valence-electron chi connectivity index (χ3n) is 3.68. The highest BCUT2D eigenvalue weighted by molar-refractivity contribution is 7.98. The van der Waals surface area contributed by atoms with Crippen LogP contribution in [-0.4, -0.2) is 19.3 Å². The van der Waals surface area contributed by atoms with Crippen LogP contribution in [0.15, 0.2) is 65.6 Å². The molecule has 0 radical (unpaired) electrons. The lowest BCUT2D eigenvalue weighted by atomic mass is 10.1. The summed E-state index contributed by atoms with van der Waals surface area (Å²) in [5, 5.41) is 4.94. The minimum Gasteiger partial charge on any atom is -0.496 e. The van der Waals surface area contributed by atoms with Crippen molar-refractivity contribution in [2.75, 3.05) is 18.7 Å². The van der Waals surface area contributed by atoms with Crippen molar-refractivity contribution >= 4 is 34.1 Å². The summed E-state index contributed by atoms with van der Waals surface area (Å²) in [6.45, 7) is 0. The van der Waals surface area contributed by atoms with Crippen LogP contribution >= 0.6 is 11.8 Å². The van der Waals surface area contributed by atoms with Gasteiger partial charge in [-0.15, -0.1) is 11.8 Å². The van der Waals surface area contributed by atoms with Crippen molar-refractivity contribution in [3.63, 3.8) is 0 Å². The number of hydrogen-bond acceptors (Lipinski definition) is 3. The number of rotatable bonds is 4. The van der Waals surface area contributed by atoms with Crippen molar-refractivity contribution in [2.24, 2.45) is 0 Å². The molecule has 0 aliphatic carbocycles. The second-order valence-electron chi connectivity index (χ2n) is 5.05. The number of hydrogen-bond donors (Lipinski definition) is 1. The lowest BCUT2D eigenvalue weighted by molar-refractivity contribution is 0.102. The second kappa shape index (κ2) is 6.75. The first kappa shape index (κ1) is 15.4. The van der Waals surface area contributed by atoms with Gasteiger partial charge in [0.1, 0.15) is 5.75 Å². The van der Waals surface area contributed by atoms with Gasteiger partial charge in [-0.1, -0.05) is 30.3 Å². The molecule has 1 amide bonds. The van der Waals surface area contributed by atoms with Crippen LogP contribution in [0.1, 0.15) is 10.4 Å². The van der Waals surface area contributed by atoms with Crippen LogP contribution in [0, 0.1) is 0 Å². The Balaban J connectivity index is 1.96. The predicted octanol–water partition coefficient (Wildman–Crippen LogP) is 4.82. The highest BCUT2D eigenvalue weighted by Gasteiger charge is 2.11. The molecule has 0 atom stereocenters. The minimum atomic E-state index is -0.115. The molecule has 0 aromatic heterocycles. The van der Waals surface area contributed by atoms with E-state index in [1.807, 2.05) is 66.9 Å². The number of carbonyl (C=O) groups is 1. The molecular weight excluding hydrogens is 306 g/mol. The first-order chi connectivity index (χ1) is 11.2. The Morgan fingerprint density at radius 3 is 2.52 bits per heavy atom. The van der Waals surface area contributed by atoms with E-state index in [2.05, 4.69) is 5.32 Å². The van der Waals surface area contributed by atoms with E-state index in [0.29, 0.717) is 5.56 Å². The van der Waals surface area contributed by atoms with Gasteiger partial charge in [0, 0.05) is 26.9 Å². The molecule has 3 aromatic rings. The van der Waals surface area contributed by atoms with E-state index in [1.165, 1.54) is 0 Å². The molecule has 0 saturated carbocycles. The van der Waals surface area contributed by atoms with Gasteiger partial charge >= 0.3 is 0 Å². The Bertz CT molecular complexity index is 861. The standard InChI is InChI=1S/C19H17NO2S/c1-22-18-11-10-17(15-8-3-4-9-16(15)18)20-19(21)13-6-5-7-14(12-13)23-2/h3-12H,1-2H3,(H,20,21). The number of nitrogens with one attached hydrogen (secondary N) is 1. The average Bonchev–Trinajstić information content (AvgIpc) is 2.62. The number of fused-ring (bicyclic) bond motifs is 1. The van der Waals surface area contributed by atoms with Crippen LogP contribution in [-0.2, 0) is 0 Å². The molecule has 3 rings (SSSR count). The summed E-state index contributed by atoms with van der Waals surface area (Å²) >= 11 is 1.62. The summed E-state index contributed by atoms with van der Waals surface area (Å²) < 4.78 is 5.39. The molecule has 3 aromatic carbocycles. The van der Waals surface area contributed by atoms with Gasteiger partial charge in [-0.2, -0.15) is 0 Å². The SMILES string of the molecule is COc1ccc(NC(=O)c2cccc(SC)c2)c2ccccc12. The highest BCUT2D eigenvalue weighted by Crippen LogP contribution is 2.31. The Kier molecular flexibility index (Phi) is 4.53. The molecule has 0 fully saturated rings. The maximum Gasteiger partial charge on any atom is 0.255 e. The van der Waals surface area contributed by atoms with Crippen LogP contribution in [0.3, 0.4) is 0 Å². The molecule has 23 heavy (non-hydrogen) atoms. The Morgan fingerprint density at radius 2 is 1.78 bits per heavy atom. The quantitative estimate of drug-likeness (QED) is 0.699. The monoisotopic (exact) mass is 323 g/mol. The third-order valence-corrected chi connectivity index (χ3v) is 4.41. The summed E-state index contributed by atoms with van der Waals surface area (Å²) in [4.78, 5) is 13.6. The fourth-order valence-electron chi connectivity index (χ4n) is 2.52. The molecule has 4 heteroatoms. The Labute approximate surface area is 139 Å². The predicted molar refractivity (Wildman–Crippen MR) is 96.7 cm³/mol. The zero-order valence-corrected chi connectivity index (χ0v) is 13.8. The second-order valence-corrected chi connectivity index (χ2v) is 5.93. The minimum absolute atomic E-state index is 0.115. The van der Waals surface area contributed by atoms with Crippen molar-refractivity contribution in [3.8, 4) is 5.75 Å². The maximum atomic E-state index is 12.5. The van der Waals surface area contributed by atoms with E-state index in [1.54, 1.807) is 18.9 Å². The summed E-state index contributed by atoms with van der Waals surface area (Å²) in [5.41, 5.74) is 1.43. The first-order valence-electron chi connectivity index (χ1n) is 7.24. The summed E-state index contributed by atoms with van der Waals surface area (Å²) in [6, 6.07) is 19.2. The van der Waals surface area contributed by atoms with Crippen molar-refractivity contribution in [1.29, 1.82) is 0 Å². The van der Waals surface area contributed by atoms with Crippen LogP contribution in [0.2, 0.25) is 0 Å². The lowest BCUT2D eigenvalue weighted by Gasteiger charge is -2.12.